The van der Waals surface area contributed by atoms with E-state index in [1.54, 1.807) is 6.92 Å². The van der Waals surface area contributed by atoms with E-state index in [0.29, 0.717) is 11.7 Å². The molecule has 18 heavy (non-hydrogen) atoms. The molecule has 4 saturated carbocycles. The van der Waals surface area contributed by atoms with Crippen LogP contribution < -0.4 is 0 Å². The lowest BCUT2D eigenvalue weighted by molar-refractivity contribution is -0.0131. The minimum atomic E-state index is -0.626. The molecule has 4 bridgehead atoms. The molecule has 0 aromatic carbocycles. The highest BCUT2D eigenvalue weighted by Crippen LogP contribution is 2.59. The minimum absolute atomic E-state index is 0.443. The number of nitrogens with zero attached hydrogens (tertiary/aromatic N) is 2. The van der Waals surface area contributed by atoms with Crippen molar-refractivity contribution in [2.24, 2.45) is 23.7 Å². The van der Waals surface area contributed by atoms with Crippen molar-refractivity contribution in [2.75, 3.05) is 0 Å². The normalized spacial score (nSPS) is 43.3. The largest absolute Gasteiger partial charge is 0.385 e. The van der Waals surface area contributed by atoms with Crippen molar-refractivity contribution in [1.82, 2.24) is 10.1 Å². The van der Waals surface area contributed by atoms with Gasteiger partial charge in [0.25, 0.3) is 0 Å². The van der Waals surface area contributed by atoms with Gasteiger partial charge in [0.2, 0.25) is 5.89 Å². The number of rotatable bonds is 2. The zero-order chi connectivity index (χ0) is 12.3. The average molecular weight is 248 g/mol. The van der Waals surface area contributed by atoms with Crippen LogP contribution in [0.2, 0.25) is 0 Å². The molecule has 4 aliphatic carbocycles. The van der Waals surface area contributed by atoms with Crippen molar-refractivity contribution < 1.29 is 9.63 Å². The monoisotopic (exact) mass is 248 g/mol. The van der Waals surface area contributed by atoms with E-state index < -0.39 is 6.10 Å². The summed E-state index contributed by atoms with van der Waals surface area (Å²) in [5.74, 6) is 5.13. The first-order valence-electron chi connectivity index (χ1n) is 7.22. The van der Waals surface area contributed by atoms with Gasteiger partial charge >= 0.3 is 0 Å². The molecule has 0 saturated heterocycles. The Labute approximate surface area is 107 Å². The van der Waals surface area contributed by atoms with E-state index in [-0.39, 0.29) is 0 Å². The molecule has 4 nitrogen and oxygen atoms in total. The van der Waals surface area contributed by atoms with Gasteiger partial charge in [-0.25, -0.2) is 0 Å². The maximum Gasteiger partial charge on any atom is 0.230 e. The maximum absolute atomic E-state index is 9.50. The second kappa shape index (κ2) is 3.80. The van der Waals surface area contributed by atoms with Gasteiger partial charge in [0, 0.05) is 5.92 Å². The van der Waals surface area contributed by atoms with Crippen LogP contribution in [-0.2, 0) is 0 Å². The summed E-state index contributed by atoms with van der Waals surface area (Å²) in [6.45, 7) is 1.69. The Morgan fingerprint density at radius 3 is 2.22 bits per heavy atom. The SMILES string of the molecule is CC(O)c1noc(C2C3CC4CC(C3)CC2C4)n1. The first kappa shape index (κ1) is 11.0. The molecule has 5 rings (SSSR count). The Hall–Kier alpha value is -0.900. The van der Waals surface area contributed by atoms with Gasteiger partial charge in [-0.3, -0.25) is 0 Å². The molecule has 0 aliphatic heterocycles. The lowest BCUT2D eigenvalue weighted by atomic mass is 9.52. The van der Waals surface area contributed by atoms with E-state index in [4.69, 9.17) is 4.52 Å². The van der Waals surface area contributed by atoms with Crippen LogP contribution in [-0.4, -0.2) is 15.2 Å². The number of hydrogen-bond donors (Lipinski definition) is 1. The first-order valence-corrected chi connectivity index (χ1v) is 7.22. The van der Waals surface area contributed by atoms with Gasteiger partial charge in [0.05, 0.1) is 0 Å². The summed E-state index contributed by atoms with van der Waals surface area (Å²) in [7, 11) is 0. The Kier molecular flexibility index (Phi) is 2.31. The van der Waals surface area contributed by atoms with Crippen molar-refractivity contribution in [1.29, 1.82) is 0 Å². The minimum Gasteiger partial charge on any atom is -0.385 e. The molecule has 1 unspecified atom stereocenters. The average Bonchev–Trinajstić information content (AvgIpc) is 2.77. The Morgan fingerprint density at radius 2 is 1.72 bits per heavy atom. The fourth-order valence-corrected chi connectivity index (χ4v) is 4.88. The zero-order valence-electron chi connectivity index (χ0n) is 10.7. The fourth-order valence-electron chi connectivity index (χ4n) is 4.88. The third-order valence-electron chi connectivity index (χ3n) is 5.34. The molecule has 1 aromatic rings. The highest BCUT2D eigenvalue weighted by molar-refractivity contribution is 5.09. The van der Waals surface area contributed by atoms with Crippen molar-refractivity contribution in [3.63, 3.8) is 0 Å². The van der Waals surface area contributed by atoms with E-state index >= 15 is 0 Å². The molecule has 1 N–H and O–H groups in total. The Balaban J connectivity index is 1.64. The maximum atomic E-state index is 9.50. The molecule has 1 aromatic heterocycles. The summed E-state index contributed by atoms with van der Waals surface area (Å²) in [5.41, 5.74) is 0. The van der Waals surface area contributed by atoms with Crippen molar-refractivity contribution in [2.45, 2.75) is 51.0 Å². The fraction of sp³-hybridized carbons (Fsp3) is 0.857. The molecule has 1 heterocycles. The first-order chi connectivity index (χ1) is 8.70. The third kappa shape index (κ3) is 1.54. The predicted octanol–water partition coefficient (Wildman–Crippen LogP) is 2.66. The van der Waals surface area contributed by atoms with Gasteiger partial charge < -0.3 is 9.63 Å². The van der Waals surface area contributed by atoms with Crippen LogP contribution in [0.1, 0.15) is 62.8 Å². The van der Waals surface area contributed by atoms with E-state index in [1.165, 1.54) is 32.1 Å². The molecular weight excluding hydrogens is 228 g/mol. The van der Waals surface area contributed by atoms with Crippen LogP contribution in [0.3, 0.4) is 0 Å². The summed E-state index contributed by atoms with van der Waals surface area (Å²) in [5, 5.41) is 13.4. The molecule has 98 valence electrons. The molecule has 0 amide bonds. The quantitative estimate of drug-likeness (QED) is 0.874. The van der Waals surface area contributed by atoms with Crippen molar-refractivity contribution >= 4 is 0 Å². The van der Waals surface area contributed by atoms with Gasteiger partial charge in [-0.05, 0) is 62.7 Å². The van der Waals surface area contributed by atoms with Crippen LogP contribution in [0.4, 0.5) is 0 Å². The van der Waals surface area contributed by atoms with Gasteiger partial charge in [-0.2, -0.15) is 4.98 Å². The van der Waals surface area contributed by atoms with Crippen molar-refractivity contribution in [3.05, 3.63) is 11.7 Å². The second-order valence-corrected chi connectivity index (χ2v) is 6.62. The Bertz CT molecular complexity index is 426. The van der Waals surface area contributed by atoms with E-state index in [0.717, 1.165) is 29.6 Å². The standard InChI is InChI=1S/C14H20N2O2/c1-7(17)13-15-14(18-16-13)12-10-3-8-2-9(5-10)6-11(12)4-8/h7-12,17H,2-6H2,1H3. The summed E-state index contributed by atoms with van der Waals surface area (Å²) >= 11 is 0. The third-order valence-corrected chi connectivity index (χ3v) is 5.34. The van der Waals surface area contributed by atoms with Crippen molar-refractivity contribution in [3.8, 4) is 0 Å². The summed E-state index contributed by atoms with van der Waals surface area (Å²) in [4.78, 5) is 4.43. The molecule has 4 fully saturated rings. The summed E-state index contributed by atoms with van der Waals surface area (Å²) in [6, 6.07) is 0. The highest BCUT2D eigenvalue weighted by atomic mass is 16.5. The Morgan fingerprint density at radius 1 is 1.11 bits per heavy atom. The molecule has 0 radical (unpaired) electrons. The smallest absolute Gasteiger partial charge is 0.230 e. The van der Waals surface area contributed by atoms with Crippen LogP contribution in [0, 0.1) is 23.7 Å². The van der Waals surface area contributed by atoms with E-state index in [2.05, 4.69) is 10.1 Å². The zero-order valence-corrected chi connectivity index (χ0v) is 10.7. The molecule has 4 heteroatoms. The van der Waals surface area contributed by atoms with Gasteiger partial charge in [0.1, 0.15) is 6.10 Å². The molecule has 4 aliphatic rings. The topological polar surface area (TPSA) is 59.2 Å². The second-order valence-electron chi connectivity index (χ2n) is 6.62. The van der Waals surface area contributed by atoms with Gasteiger partial charge in [-0.1, -0.05) is 5.16 Å². The number of aromatic nitrogens is 2. The van der Waals surface area contributed by atoms with E-state index in [1.807, 2.05) is 0 Å². The number of aliphatic hydroxyl groups is 1. The summed E-state index contributed by atoms with van der Waals surface area (Å²) < 4.78 is 5.43. The van der Waals surface area contributed by atoms with E-state index in [9.17, 15) is 5.11 Å². The summed E-state index contributed by atoms with van der Waals surface area (Å²) in [6.07, 6.45) is 6.24. The molecule has 0 spiro atoms. The van der Waals surface area contributed by atoms with Crippen LogP contribution in [0.5, 0.6) is 0 Å². The van der Waals surface area contributed by atoms with Crippen LogP contribution in [0.25, 0.3) is 0 Å². The number of hydrogen-bond acceptors (Lipinski definition) is 4. The highest BCUT2D eigenvalue weighted by Gasteiger charge is 2.50. The number of aliphatic hydroxyl groups excluding tert-OH is 1. The van der Waals surface area contributed by atoms with Crippen LogP contribution >= 0.6 is 0 Å². The van der Waals surface area contributed by atoms with Crippen LogP contribution in [0.15, 0.2) is 4.52 Å². The molecule has 1 atom stereocenters. The van der Waals surface area contributed by atoms with Gasteiger partial charge in [0.15, 0.2) is 5.82 Å². The lowest BCUT2D eigenvalue weighted by Crippen LogP contribution is -2.43. The van der Waals surface area contributed by atoms with Gasteiger partial charge in [-0.15, -0.1) is 0 Å². The molecular formula is C14H20N2O2. The predicted molar refractivity (Wildman–Crippen MR) is 64.7 cm³/mol. The lowest BCUT2D eigenvalue weighted by Gasteiger charge is -2.53.